The Hall–Kier alpha value is 3.04. The van der Waals surface area contributed by atoms with E-state index in [1.54, 1.807) is 0 Å². The van der Waals surface area contributed by atoms with Crippen molar-refractivity contribution in [2.24, 2.45) is 0 Å². The quantitative estimate of drug-likeness (QED) is 0.535. The van der Waals surface area contributed by atoms with E-state index in [1.165, 1.54) is 0 Å². The zero-order chi connectivity index (χ0) is 0. The third-order valence-electron chi connectivity index (χ3n) is 0. The summed E-state index contributed by atoms with van der Waals surface area (Å²) in [6, 6.07) is 0. The summed E-state index contributed by atoms with van der Waals surface area (Å²) in [6.07, 6.45) is 0. The second-order valence-corrected chi connectivity index (χ2v) is 0. The molecule has 0 saturated carbocycles. The fourth-order valence-corrected chi connectivity index (χ4v) is 0. The van der Waals surface area contributed by atoms with Crippen LogP contribution in [0.15, 0.2) is 0 Å². The van der Waals surface area contributed by atoms with Gasteiger partial charge in [0.15, 0.2) is 0 Å². The second-order valence-electron chi connectivity index (χ2n) is 0. The van der Waals surface area contributed by atoms with Gasteiger partial charge in [0, 0.05) is 99.0 Å². The van der Waals surface area contributed by atoms with E-state index in [4.69, 9.17) is 0 Å². The van der Waals surface area contributed by atoms with Crippen molar-refractivity contribution in [1.82, 2.24) is 0 Å². The maximum Gasteiger partial charge on any atom is 0 e. The molecule has 0 unspecified atom stereocenters. The average Bonchev–Trinajstić information content (AvgIpc) is 0. The van der Waals surface area contributed by atoms with E-state index in [0.717, 1.165) is 0 Å². The topological polar surface area (TPSA) is 0 Å². The molecule has 0 heterocycles. The summed E-state index contributed by atoms with van der Waals surface area (Å²) in [4.78, 5) is 0. The van der Waals surface area contributed by atoms with E-state index in [2.05, 4.69) is 0 Å². The Kier molecular flexibility index (Phi) is 115. The van der Waals surface area contributed by atoms with Gasteiger partial charge in [-0.15, -0.1) is 0 Å². The van der Waals surface area contributed by atoms with Crippen LogP contribution in [0.1, 0.15) is 0 Å². The van der Waals surface area contributed by atoms with Crippen LogP contribution in [0.5, 0.6) is 0 Å². The maximum absolute atomic E-state index is 0. The Morgan fingerprint density at radius 2 is 1.00 bits per heavy atom. The van der Waals surface area contributed by atoms with Crippen LogP contribution in [0.4, 0.5) is 0 Å². The van der Waals surface area contributed by atoms with Gasteiger partial charge in [-0.1, -0.05) is 0 Å². The van der Waals surface area contributed by atoms with Gasteiger partial charge in [-0.25, -0.2) is 0 Å². The predicted molar refractivity (Wildman–Crippen MR) is 5.75 cm³/mol. The first-order valence-corrected chi connectivity index (χ1v) is 0. The molecule has 0 rings (SSSR count). The van der Waals surface area contributed by atoms with Crippen LogP contribution in [0.25, 0.3) is 0 Å². The SMILES string of the molecule is [B].[Fe].[Nd].[Y]. The molecule has 0 aromatic rings. The van der Waals surface area contributed by atoms with Crippen LogP contribution in [0.3, 0.4) is 0 Å². The van der Waals surface area contributed by atoms with Crippen molar-refractivity contribution in [1.29, 1.82) is 0 Å². The molecule has 0 aromatic heterocycles. The summed E-state index contributed by atoms with van der Waals surface area (Å²) in [5.74, 6) is 0. The minimum atomic E-state index is 0. The monoisotopic (exact) mass is 298 g/mol. The fraction of sp³-hybridized carbons (Fsp3) is 0. The maximum atomic E-state index is 0. The Balaban J connectivity index is 0. The summed E-state index contributed by atoms with van der Waals surface area (Å²) in [5, 5.41) is 0. The molecule has 18 valence electrons. The summed E-state index contributed by atoms with van der Waals surface area (Å²) >= 11 is 0. The van der Waals surface area contributed by atoms with Crippen molar-refractivity contribution in [3.8, 4) is 0 Å². The van der Waals surface area contributed by atoms with Crippen molar-refractivity contribution >= 4 is 8.41 Å². The Labute approximate surface area is 96.7 Å². The second kappa shape index (κ2) is 16.6. The number of hydrogen-bond donors (Lipinski definition) is 0. The van der Waals surface area contributed by atoms with Gasteiger partial charge in [-0.3, -0.25) is 0 Å². The van der Waals surface area contributed by atoms with E-state index < -0.39 is 0 Å². The minimum Gasteiger partial charge on any atom is 0 e. The van der Waals surface area contributed by atoms with Crippen LogP contribution in [0.2, 0.25) is 0 Å². The van der Waals surface area contributed by atoms with Crippen LogP contribution < -0.4 is 0 Å². The molecular formula is BFeNdY. The molecule has 0 N–H and O–H groups in total. The van der Waals surface area contributed by atoms with Crippen LogP contribution >= 0.6 is 0 Å². The molecule has 0 bridgehead atoms. The first-order chi connectivity index (χ1) is 0. The van der Waals surface area contributed by atoms with Crippen LogP contribution in [-0.2, 0) is 49.8 Å². The Bertz CT molecular complexity index is 8.00. The van der Waals surface area contributed by atoms with Gasteiger partial charge in [0.2, 0.25) is 0 Å². The van der Waals surface area contributed by atoms with Crippen molar-refractivity contribution < 1.29 is 90.6 Å². The normalized spacial score (nSPS) is 0. The Morgan fingerprint density at radius 1 is 1.00 bits per heavy atom. The van der Waals surface area contributed by atoms with Gasteiger partial charge in [0.25, 0.3) is 0 Å². The first kappa shape index (κ1) is 27.8. The fourth-order valence-electron chi connectivity index (χ4n) is 0. The largest absolute Gasteiger partial charge is 0 e. The molecule has 4 heavy (non-hydrogen) atoms. The Morgan fingerprint density at radius 3 is 1.00 bits per heavy atom. The molecule has 0 fully saturated rings. The molecule has 0 spiro atoms. The summed E-state index contributed by atoms with van der Waals surface area (Å²) in [6.45, 7) is 0. The van der Waals surface area contributed by atoms with Crippen molar-refractivity contribution in [3.63, 3.8) is 0 Å². The van der Waals surface area contributed by atoms with Gasteiger partial charge in [-0.2, -0.15) is 0 Å². The molecule has 4 heteroatoms. The molecule has 0 aliphatic rings. The van der Waals surface area contributed by atoms with E-state index in [9.17, 15) is 0 Å². The van der Waals surface area contributed by atoms with E-state index in [1.807, 2.05) is 0 Å². The molecular weight excluding hydrogens is 300 g/mol. The summed E-state index contributed by atoms with van der Waals surface area (Å²) in [7, 11) is 0. The molecule has 0 atom stereocenters. The smallest absolute Gasteiger partial charge is 0 e. The van der Waals surface area contributed by atoms with E-state index in [0.29, 0.717) is 0 Å². The third kappa shape index (κ3) is 8.90. The molecule has 0 aliphatic heterocycles. The summed E-state index contributed by atoms with van der Waals surface area (Å²) < 4.78 is 0. The summed E-state index contributed by atoms with van der Waals surface area (Å²) in [5.41, 5.74) is 0. The van der Waals surface area contributed by atoms with E-state index in [-0.39, 0.29) is 99.0 Å². The van der Waals surface area contributed by atoms with Crippen molar-refractivity contribution in [2.75, 3.05) is 0 Å². The van der Waals surface area contributed by atoms with Gasteiger partial charge in [-0.05, 0) is 0 Å². The molecule has 0 nitrogen and oxygen atoms in total. The molecule has 0 aromatic carbocycles. The minimum absolute atomic E-state index is 0. The van der Waals surface area contributed by atoms with E-state index >= 15 is 0 Å². The van der Waals surface area contributed by atoms with Crippen molar-refractivity contribution in [2.45, 2.75) is 0 Å². The van der Waals surface area contributed by atoms with Crippen LogP contribution in [-0.4, -0.2) is 8.41 Å². The number of rotatable bonds is 0. The van der Waals surface area contributed by atoms with Crippen LogP contribution in [0, 0.1) is 40.8 Å². The first-order valence-electron chi connectivity index (χ1n) is 0. The molecule has 0 saturated heterocycles. The zero-order valence-corrected chi connectivity index (χ0v) is 9.16. The molecule has 0 aliphatic carbocycles. The van der Waals surface area contributed by atoms with Gasteiger partial charge < -0.3 is 0 Å². The third-order valence-corrected chi connectivity index (χ3v) is 0. The molecule has 4 radical (unpaired) electrons. The number of hydrogen-bond acceptors (Lipinski definition) is 0. The standard InChI is InChI=1S/B.Fe.Nd.Y. The van der Waals surface area contributed by atoms with Gasteiger partial charge >= 0.3 is 0 Å². The zero-order valence-electron chi connectivity index (χ0n) is 2.01. The van der Waals surface area contributed by atoms with Gasteiger partial charge in [0.05, 0.1) is 0 Å². The predicted octanol–water partition coefficient (Wildman–Crippen LogP) is -0.386. The molecule has 0 amide bonds. The van der Waals surface area contributed by atoms with Gasteiger partial charge in [0.1, 0.15) is 0 Å². The average molecular weight is 300 g/mol. The van der Waals surface area contributed by atoms with Crippen molar-refractivity contribution in [3.05, 3.63) is 0 Å².